The number of nitrogen functional groups attached to an aromatic ring is 1. The number of aldehydes is 1. The maximum absolute atomic E-state index is 12.9. The quantitative estimate of drug-likeness (QED) is 0.649. The number of hydrogen-bond acceptors (Lipinski definition) is 7. The first-order chi connectivity index (χ1) is 14.5. The van der Waals surface area contributed by atoms with Gasteiger partial charge in [0.05, 0.1) is 5.69 Å². The van der Waals surface area contributed by atoms with Crippen molar-refractivity contribution in [2.45, 2.75) is 39.0 Å². The topological polar surface area (TPSA) is 102 Å². The fourth-order valence-electron chi connectivity index (χ4n) is 3.20. The van der Waals surface area contributed by atoms with E-state index in [0.717, 1.165) is 31.6 Å². The Balaban J connectivity index is 0.000000245. The number of nitrogens with two attached hydrogens (primary N) is 1. The molecule has 0 amide bonds. The van der Waals surface area contributed by atoms with E-state index in [2.05, 4.69) is 25.0 Å². The van der Waals surface area contributed by atoms with Gasteiger partial charge in [-0.25, -0.2) is 23.3 Å². The van der Waals surface area contributed by atoms with Crippen molar-refractivity contribution in [2.75, 3.05) is 25.9 Å². The van der Waals surface area contributed by atoms with Gasteiger partial charge in [0.15, 0.2) is 6.29 Å². The van der Waals surface area contributed by atoms with E-state index in [-0.39, 0.29) is 17.4 Å². The van der Waals surface area contributed by atoms with Crippen molar-refractivity contribution in [2.24, 2.45) is 0 Å². The lowest BCUT2D eigenvalue weighted by Gasteiger charge is -2.29. The van der Waals surface area contributed by atoms with E-state index in [1.807, 2.05) is 20.9 Å². The van der Waals surface area contributed by atoms with E-state index < -0.39 is 6.43 Å². The third-order valence-electron chi connectivity index (χ3n) is 4.48. The molecule has 0 aromatic carbocycles. The molecule has 2 N–H and O–H groups in total. The minimum atomic E-state index is -2.58. The molecule has 8 nitrogen and oxygen atoms in total. The van der Waals surface area contributed by atoms with Gasteiger partial charge in [-0.05, 0) is 44.6 Å². The summed E-state index contributed by atoms with van der Waals surface area (Å²) in [6, 6.07) is 6.39. The Morgan fingerprint density at radius 2 is 2.03 bits per heavy atom. The number of hydrogen-bond donors (Lipinski definition) is 1. The summed E-state index contributed by atoms with van der Waals surface area (Å²) < 4.78 is 27.4. The lowest BCUT2D eigenvalue weighted by Crippen LogP contribution is -2.32. The van der Waals surface area contributed by atoms with Gasteiger partial charge in [0.2, 0.25) is 0 Å². The molecule has 3 aromatic rings. The summed E-state index contributed by atoms with van der Waals surface area (Å²) in [6.45, 7) is 5.89. The second-order valence-corrected chi connectivity index (χ2v) is 6.58. The molecule has 1 saturated heterocycles. The zero-order valence-corrected chi connectivity index (χ0v) is 17.4. The van der Waals surface area contributed by atoms with Crippen molar-refractivity contribution in [3.8, 4) is 0 Å². The average molecular weight is 419 g/mol. The van der Waals surface area contributed by atoms with Crippen LogP contribution in [0.1, 0.15) is 60.9 Å². The number of halogens is 2. The molecule has 0 saturated carbocycles. The van der Waals surface area contributed by atoms with E-state index in [1.54, 1.807) is 22.7 Å². The molecule has 0 bridgehead atoms. The van der Waals surface area contributed by atoms with Crippen molar-refractivity contribution < 1.29 is 13.6 Å². The molecule has 0 spiro atoms. The van der Waals surface area contributed by atoms with Crippen LogP contribution in [0.25, 0.3) is 5.78 Å². The lowest BCUT2D eigenvalue weighted by molar-refractivity contribution is 0.111. The smallest absolute Gasteiger partial charge is 0.280 e. The number of fused-ring (bicyclic) bond motifs is 1. The van der Waals surface area contributed by atoms with Crippen molar-refractivity contribution in [1.29, 1.82) is 0 Å². The number of pyridine rings is 1. The van der Waals surface area contributed by atoms with Crippen LogP contribution in [0, 0.1) is 0 Å². The summed E-state index contributed by atoms with van der Waals surface area (Å²) in [6.07, 6.45) is 1.47. The van der Waals surface area contributed by atoms with Crippen LogP contribution >= 0.6 is 0 Å². The van der Waals surface area contributed by atoms with Crippen LogP contribution in [0.4, 0.5) is 14.6 Å². The molecule has 4 rings (SSSR count). The van der Waals surface area contributed by atoms with Crippen LogP contribution in [0.5, 0.6) is 0 Å². The van der Waals surface area contributed by atoms with Gasteiger partial charge in [0.1, 0.15) is 23.5 Å². The lowest BCUT2D eigenvalue weighted by atomic mass is 9.94. The predicted octanol–water partition coefficient (Wildman–Crippen LogP) is 3.37. The summed E-state index contributed by atoms with van der Waals surface area (Å²) >= 11 is 0. The highest BCUT2D eigenvalue weighted by Gasteiger charge is 2.24. The highest BCUT2D eigenvalue weighted by molar-refractivity contribution is 5.72. The molecule has 1 atom stereocenters. The van der Waals surface area contributed by atoms with Gasteiger partial charge in [-0.3, -0.25) is 4.79 Å². The first-order valence-corrected chi connectivity index (χ1v) is 9.83. The van der Waals surface area contributed by atoms with Crippen molar-refractivity contribution in [3.63, 3.8) is 0 Å². The fourth-order valence-corrected chi connectivity index (χ4v) is 3.20. The number of carbonyl (C=O) groups is 1. The molecule has 0 aliphatic carbocycles. The minimum absolute atomic E-state index is 0.198. The Labute approximate surface area is 174 Å². The van der Waals surface area contributed by atoms with Crippen molar-refractivity contribution in [3.05, 3.63) is 47.7 Å². The van der Waals surface area contributed by atoms with E-state index in [4.69, 9.17) is 5.73 Å². The van der Waals surface area contributed by atoms with Crippen LogP contribution in [0.3, 0.4) is 0 Å². The second-order valence-electron chi connectivity index (χ2n) is 6.58. The van der Waals surface area contributed by atoms with E-state index in [9.17, 15) is 13.6 Å². The maximum atomic E-state index is 12.9. The number of aromatic nitrogens is 5. The van der Waals surface area contributed by atoms with Gasteiger partial charge in [-0.2, -0.15) is 10.1 Å². The van der Waals surface area contributed by atoms with Gasteiger partial charge in [-0.1, -0.05) is 19.9 Å². The number of rotatable bonds is 3. The van der Waals surface area contributed by atoms with E-state index in [0.29, 0.717) is 17.8 Å². The number of carbonyl (C=O) groups excluding carboxylic acids is 1. The van der Waals surface area contributed by atoms with Crippen LogP contribution in [0.2, 0.25) is 0 Å². The molecule has 30 heavy (non-hydrogen) atoms. The van der Waals surface area contributed by atoms with Crippen LogP contribution in [0.15, 0.2) is 30.6 Å². The average Bonchev–Trinajstić information content (AvgIpc) is 3.23. The number of likely N-dealkylation sites (tertiary alicyclic amines) is 1. The molecule has 3 aromatic heterocycles. The Hall–Kier alpha value is -3.01. The third-order valence-corrected chi connectivity index (χ3v) is 4.48. The third kappa shape index (κ3) is 5.99. The zero-order chi connectivity index (χ0) is 22.1. The van der Waals surface area contributed by atoms with Crippen LogP contribution in [-0.4, -0.2) is 55.9 Å². The summed E-state index contributed by atoms with van der Waals surface area (Å²) in [5, 5.41) is 4.10. The Morgan fingerprint density at radius 3 is 2.63 bits per heavy atom. The zero-order valence-electron chi connectivity index (χ0n) is 17.4. The second kappa shape index (κ2) is 11.2. The summed E-state index contributed by atoms with van der Waals surface area (Å²) in [5.41, 5.74) is 6.20. The minimum Gasteiger partial charge on any atom is -0.384 e. The van der Waals surface area contributed by atoms with Gasteiger partial charge in [-0.15, -0.1) is 0 Å². The highest BCUT2D eigenvalue weighted by atomic mass is 19.3. The largest absolute Gasteiger partial charge is 0.384 e. The highest BCUT2D eigenvalue weighted by Crippen LogP contribution is 2.28. The molecule has 1 aliphatic heterocycles. The van der Waals surface area contributed by atoms with Crippen LogP contribution in [-0.2, 0) is 0 Å². The predicted molar refractivity (Wildman–Crippen MR) is 111 cm³/mol. The number of nitrogens with zero attached hydrogens (tertiary/aromatic N) is 6. The molecule has 4 heterocycles. The molecule has 162 valence electrons. The number of likely N-dealkylation sites (N-methyl/N-ethyl adjacent to an activating group) is 1. The van der Waals surface area contributed by atoms with Crippen molar-refractivity contribution in [1.82, 2.24) is 29.5 Å². The molecule has 1 unspecified atom stereocenters. The van der Waals surface area contributed by atoms with Gasteiger partial charge < -0.3 is 10.6 Å². The van der Waals surface area contributed by atoms with E-state index >= 15 is 0 Å². The van der Waals surface area contributed by atoms with E-state index in [1.165, 1.54) is 12.4 Å². The first-order valence-electron chi connectivity index (χ1n) is 9.83. The normalized spacial score (nSPS) is 16.4. The number of piperidine rings is 1. The van der Waals surface area contributed by atoms with Crippen LogP contribution < -0.4 is 5.73 Å². The Morgan fingerprint density at radius 1 is 1.27 bits per heavy atom. The molecule has 0 radical (unpaired) electrons. The summed E-state index contributed by atoms with van der Waals surface area (Å²) in [5.74, 6) is 0.823. The summed E-state index contributed by atoms with van der Waals surface area (Å²) in [7, 11) is 2.04. The first kappa shape index (κ1) is 23.3. The molecular formula is C20H27F2N7O. The molecule has 1 fully saturated rings. The van der Waals surface area contributed by atoms with Crippen molar-refractivity contribution >= 4 is 17.9 Å². The SMILES string of the molecule is CC.CN1CCCC(c2cc(C(F)F)nc3ncnn23)C1.Nc1cccc(C=O)n1. The maximum Gasteiger partial charge on any atom is 0.280 e. The van der Waals surface area contributed by atoms with Gasteiger partial charge >= 0.3 is 0 Å². The standard InChI is InChI=1S/C12H15F2N5.C6H6N2O.C2H6/c1-18-4-2-3-8(6-18)10-5-9(11(13)14)17-12-15-7-16-19(10)12;7-6-3-1-2-5(4-9)8-6;1-2/h5,7-8,11H,2-4,6H2,1H3;1-4H,(H2,7,8);1-2H3. The molecular weight excluding hydrogens is 392 g/mol. The fraction of sp³-hybridized carbons (Fsp3) is 0.450. The summed E-state index contributed by atoms with van der Waals surface area (Å²) in [4.78, 5) is 23.7. The molecule has 1 aliphatic rings. The monoisotopic (exact) mass is 419 g/mol. The number of alkyl halides is 2. The Bertz CT molecular complexity index is 948. The van der Waals surface area contributed by atoms with Gasteiger partial charge in [0, 0.05) is 12.5 Å². The number of anilines is 1. The van der Waals surface area contributed by atoms with Gasteiger partial charge in [0.25, 0.3) is 12.2 Å². The Kier molecular flexibility index (Phi) is 8.72. The molecule has 10 heteroatoms.